The highest BCUT2D eigenvalue weighted by Crippen LogP contribution is 2.23. The van der Waals surface area contributed by atoms with E-state index in [0.29, 0.717) is 0 Å². The van der Waals surface area contributed by atoms with Gasteiger partial charge in [0.1, 0.15) is 11.5 Å². The number of aryl methyl sites for hydroxylation is 1. The molecular weight excluding hydrogens is 324 g/mol. The predicted molar refractivity (Wildman–Crippen MR) is 92.8 cm³/mol. The molecule has 6 heteroatoms. The topological polar surface area (TPSA) is 47.1 Å². The number of aromatic nitrogens is 3. The molecule has 0 spiro atoms. The van der Waals surface area contributed by atoms with Gasteiger partial charge in [-0.1, -0.05) is 28.9 Å². The highest BCUT2D eigenvalue weighted by atomic mass is 35.5. The van der Waals surface area contributed by atoms with Crippen molar-refractivity contribution in [3.05, 3.63) is 58.3 Å². The average Bonchev–Trinajstić information content (AvgIpc) is 3.14. The molecule has 1 aliphatic rings. The van der Waals surface area contributed by atoms with Crippen molar-refractivity contribution in [2.24, 2.45) is 0 Å². The second-order valence-electron chi connectivity index (χ2n) is 6.25. The van der Waals surface area contributed by atoms with Gasteiger partial charge in [0.2, 0.25) is 0 Å². The lowest BCUT2D eigenvalue weighted by atomic mass is 10.1. The van der Waals surface area contributed by atoms with Gasteiger partial charge in [0.15, 0.2) is 5.76 Å². The van der Waals surface area contributed by atoms with Crippen molar-refractivity contribution in [3.63, 3.8) is 0 Å². The molecule has 0 saturated heterocycles. The number of rotatable bonds is 3. The summed E-state index contributed by atoms with van der Waals surface area (Å²) in [4.78, 5) is 7.01. The van der Waals surface area contributed by atoms with E-state index in [1.54, 1.807) is 0 Å². The maximum Gasteiger partial charge on any atom is 0.151 e. The molecule has 3 aromatic rings. The molecule has 3 heterocycles. The highest BCUT2D eigenvalue weighted by Gasteiger charge is 2.21. The van der Waals surface area contributed by atoms with E-state index in [1.165, 1.54) is 5.69 Å². The third-order valence-corrected chi connectivity index (χ3v) is 4.87. The second kappa shape index (κ2) is 6.07. The Balaban J connectivity index is 1.48. The van der Waals surface area contributed by atoms with Crippen molar-refractivity contribution in [2.75, 3.05) is 6.54 Å². The molecule has 0 bridgehead atoms. The molecule has 0 unspecified atom stereocenters. The van der Waals surface area contributed by atoms with Gasteiger partial charge in [-0.05, 0) is 26.0 Å². The lowest BCUT2D eigenvalue weighted by Crippen LogP contribution is -2.33. The molecule has 4 rings (SSSR count). The highest BCUT2D eigenvalue weighted by molar-refractivity contribution is 6.30. The number of fused-ring (bicyclic) bond motifs is 1. The molecule has 1 aromatic carbocycles. The van der Waals surface area contributed by atoms with Gasteiger partial charge in [0, 0.05) is 35.4 Å². The fraction of sp³-hybridized carbons (Fsp3) is 0.333. The Morgan fingerprint density at radius 1 is 1.17 bits per heavy atom. The molecule has 124 valence electrons. The summed E-state index contributed by atoms with van der Waals surface area (Å²) in [6.07, 6.45) is 0. The summed E-state index contributed by atoms with van der Waals surface area (Å²) in [7, 11) is 0. The molecule has 0 radical (unpaired) electrons. The fourth-order valence-electron chi connectivity index (χ4n) is 3.16. The Morgan fingerprint density at radius 2 is 1.96 bits per heavy atom. The Bertz CT molecular complexity index is 866. The first-order chi connectivity index (χ1) is 11.6. The average molecular weight is 343 g/mol. The van der Waals surface area contributed by atoms with Gasteiger partial charge >= 0.3 is 0 Å². The van der Waals surface area contributed by atoms with Crippen molar-refractivity contribution in [2.45, 2.75) is 33.5 Å². The van der Waals surface area contributed by atoms with Crippen LogP contribution in [0.4, 0.5) is 0 Å². The van der Waals surface area contributed by atoms with E-state index in [1.807, 2.05) is 30.3 Å². The molecule has 0 aliphatic carbocycles. The van der Waals surface area contributed by atoms with Gasteiger partial charge in [-0.25, -0.2) is 4.98 Å². The minimum Gasteiger partial charge on any atom is -0.359 e. The van der Waals surface area contributed by atoms with E-state index >= 15 is 0 Å². The molecule has 0 saturated carbocycles. The van der Waals surface area contributed by atoms with E-state index in [4.69, 9.17) is 16.1 Å². The molecule has 0 amide bonds. The summed E-state index contributed by atoms with van der Waals surface area (Å²) in [5.74, 6) is 2.00. The molecule has 0 fully saturated rings. The van der Waals surface area contributed by atoms with Crippen molar-refractivity contribution >= 4 is 11.6 Å². The normalized spacial score (nSPS) is 14.8. The summed E-state index contributed by atoms with van der Waals surface area (Å²) >= 11 is 5.93. The summed E-state index contributed by atoms with van der Waals surface area (Å²) in [5, 5.41) is 4.90. The third kappa shape index (κ3) is 2.85. The van der Waals surface area contributed by atoms with Gasteiger partial charge in [-0.2, -0.15) is 0 Å². The largest absolute Gasteiger partial charge is 0.359 e. The SMILES string of the molecule is Cc1nc2n(c1C)CCN(Cc1cc(-c3ccc(Cl)cc3)no1)C2. The maximum atomic E-state index is 5.93. The lowest BCUT2D eigenvalue weighted by molar-refractivity contribution is 0.186. The van der Waals surface area contributed by atoms with Crippen LogP contribution < -0.4 is 0 Å². The molecule has 5 nitrogen and oxygen atoms in total. The minimum atomic E-state index is 0.719. The van der Waals surface area contributed by atoms with Gasteiger partial charge in [-0.3, -0.25) is 4.90 Å². The van der Waals surface area contributed by atoms with Crippen molar-refractivity contribution in [1.29, 1.82) is 0 Å². The number of imidazole rings is 1. The van der Waals surface area contributed by atoms with E-state index in [9.17, 15) is 0 Å². The van der Waals surface area contributed by atoms with E-state index < -0.39 is 0 Å². The van der Waals surface area contributed by atoms with Gasteiger partial charge in [0.05, 0.1) is 18.8 Å². The standard InChI is InChI=1S/C18H19ClN4O/c1-12-13(2)23-8-7-22(11-18(23)20-12)10-16-9-17(21-24-16)14-3-5-15(19)6-4-14/h3-6,9H,7-8,10-11H2,1-2H3. The number of nitrogens with zero attached hydrogens (tertiary/aromatic N) is 4. The Kier molecular flexibility index (Phi) is 3.90. The minimum absolute atomic E-state index is 0.719. The number of hydrogen-bond donors (Lipinski definition) is 0. The van der Waals surface area contributed by atoms with E-state index in [-0.39, 0.29) is 0 Å². The van der Waals surface area contributed by atoms with Crippen LogP contribution in [0.1, 0.15) is 23.0 Å². The van der Waals surface area contributed by atoms with Crippen LogP contribution in [0.3, 0.4) is 0 Å². The summed E-state index contributed by atoms with van der Waals surface area (Å²) in [6.45, 7) is 7.74. The Morgan fingerprint density at radius 3 is 2.75 bits per heavy atom. The third-order valence-electron chi connectivity index (χ3n) is 4.62. The Labute approximate surface area is 145 Å². The number of hydrogen-bond acceptors (Lipinski definition) is 4. The number of halogens is 1. The van der Waals surface area contributed by atoms with Crippen LogP contribution in [0.2, 0.25) is 5.02 Å². The lowest BCUT2D eigenvalue weighted by Gasteiger charge is -2.27. The summed E-state index contributed by atoms with van der Waals surface area (Å²) < 4.78 is 7.83. The van der Waals surface area contributed by atoms with Crippen LogP contribution in [0.15, 0.2) is 34.9 Å². The zero-order valence-corrected chi connectivity index (χ0v) is 14.5. The smallest absolute Gasteiger partial charge is 0.151 e. The van der Waals surface area contributed by atoms with Gasteiger partial charge in [-0.15, -0.1) is 0 Å². The predicted octanol–water partition coefficient (Wildman–Crippen LogP) is 3.82. The quantitative estimate of drug-likeness (QED) is 0.726. The van der Waals surface area contributed by atoms with Crippen molar-refractivity contribution < 1.29 is 4.52 Å². The molecule has 1 aliphatic heterocycles. The molecule has 2 aromatic heterocycles. The van der Waals surface area contributed by atoms with Crippen LogP contribution >= 0.6 is 11.6 Å². The van der Waals surface area contributed by atoms with E-state index in [2.05, 4.69) is 33.5 Å². The van der Waals surface area contributed by atoms with Crippen molar-refractivity contribution in [3.8, 4) is 11.3 Å². The van der Waals surface area contributed by atoms with E-state index in [0.717, 1.165) is 59.7 Å². The first-order valence-corrected chi connectivity index (χ1v) is 8.44. The molecular formula is C18H19ClN4O. The summed E-state index contributed by atoms with van der Waals surface area (Å²) in [6, 6.07) is 9.63. The zero-order chi connectivity index (χ0) is 16.7. The Hall–Kier alpha value is -2.11. The van der Waals surface area contributed by atoms with Gasteiger partial charge < -0.3 is 9.09 Å². The zero-order valence-electron chi connectivity index (χ0n) is 13.8. The molecule has 0 N–H and O–H groups in total. The van der Waals surface area contributed by atoms with Crippen LogP contribution in [0.25, 0.3) is 11.3 Å². The molecule has 24 heavy (non-hydrogen) atoms. The fourth-order valence-corrected chi connectivity index (χ4v) is 3.29. The number of benzene rings is 1. The van der Waals surface area contributed by atoms with Crippen LogP contribution in [0.5, 0.6) is 0 Å². The molecule has 0 atom stereocenters. The van der Waals surface area contributed by atoms with Crippen LogP contribution in [0, 0.1) is 13.8 Å². The monoisotopic (exact) mass is 342 g/mol. The van der Waals surface area contributed by atoms with Gasteiger partial charge in [0.25, 0.3) is 0 Å². The van der Waals surface area contributed by atoms with Crippen molar-refractivity contribution in [1.82, 2.24) is 19.6 Å². The first kappa shape index (κ1) is 15.4. The summed E-state index contributed by atoms with van der Waals surface area (Å²) in [5.41, 5.74) is 4.24. The van der Waals surface area contributed by atoms with Crippen LogP contribution in [-0.2, 0) is 19.6 Å². The first-order valence-electron chi connectivity index (χ1n) is 8.06. The van der Waals surface area contributed by atoms with Crippen LogP contribution in [-0.4, -0.2) is 26.2 Å². The maximum absolute atomic E-state index is 5.93. The second-order valence-corrected chi connectivity index (χ2v) is 6.68.